The zero-order valence-corrected chi connectivity index (χ0v) is 14.8. The third-order valence-corrected chi connectivity index (χ3v) is 4.95. The maximum absolute atomic E-state index is 10.7. The van der Waals surface area contributed by atoms with Crippen molar-refractivity contribution in [3.8, 4) is 0 Å². The molecule has 20 heavy (non-hydrogen) atoms. The molecule has 0 saturated heterocycles. The van der Waals surface area contributed by atoms with E-state index in [1.807, 2.05) is 0 Å². The van der Waals surface area contributed by atoms with E-state index >= 15 is 0 Å². The van der Waals surface area contributed by atoms with Crippen LogP contribution in [0.1, 0.15) is 78.1 Å². The number of unbranched alkanes of at least 4 members (excludes halogenated alkanes) is 9. The molecule has 4 heteroatoms. The van der Waals surface area contributed by atoms with Crippen LogP contribution in [-0.4, -0.2) is 21.7 Å². The van der Waals surface area contributed by atoms with E-state index in [4.69, 9.17) is 0 Å². The minimum atomic E-state index is 0.242. The molecule has 0 aliphatic rings. The van der Waals surface area contributed by atoms with Gasteiger partial charge in [-0.2, -0.15) is 0 Å². The molecule has 0 aliphatic carbocycles. The molecule has 0 aromatic rings. The molecule has 0 amide bonds. The Morgan fingerprint density at radius 2 is 0.800 bits per heavy atom. The van der Waals surface area contributed by atoms with Crippen molar-refractivity contribution in [2.75, 3.05) is 11.5 Å². The summed E-state index contributed by atoms with van der Waals surface area (Å²) in [6.07, 6.45) is 12.9. The Morgan fingerprint density at radius 3 is 1.05 bits per heavy atom. The van der Waals surface area contributed by atoms with Crippen molar-refractivity contribution in [3.63, 3.8) is 0 Å². The van der Waals surface area contributed by atoms with Gasteiger partial charge in [-0.15, -0.1) is 0 Å². The number of carbonyl (C=O) groups is 2. The quantitative estimate of drug-likeness (QED) is 0.423. The maximum atomic E-state index is 10.7. The summed E-state index contributed by atoms with van der Waals surface area (Å²) in [6, 6.07) is 0. The molecule has 0 bridgehead atoms. The van der Waals surface area contributed by atoms with Gasteiger partial charge >= 0.3 is 0 Å². The van der Waals surface area contributed by atoms with Crippen molar-refractivity contribution in [1.82, 2.24) is 0 Å². The van der Waals surface area contributed by atoms with Gasteiger partial charge in [-0.25, -0.2) is 0 Å². The Balaban J connectivity index is 2.99. The first-order valence-corrected chi connectivity index (χ1v) is 9.87. The molecule has 0 radical (unpaired) electrons. The van der Waals surface area contributed by atoms with Crippen molar-refractivity contribution < 1.29 is 9.59 Å². The number of hydrogen-bond acceptors (Lipinski definition) is 4. The minimum Gasteiger partial charge on any atom is -0.288 e. The molecule has 2 nitrogen and oxygen atoms in total. The van der Waals surface area contributed by atoms with Gasteiger partial charge in [0, 0.05) is 25.4 Å². The SMILES string of the molecule is CC(=O)SCCCCCCCCCCCCSC(C)=O. The van der Waals surface area contributed by atoms with Crippen LogP contribution in [0.4, 0.5) is 0 Å². The minimum absolute atomic E-state index is 0.242. The van der Waals surface area contributed by atoms with Gasteiger partial charge in [0.15, 0.2) is 10.2 Å². The lowest BCUT2D eigenvalue weighted by Crippen LogP contribution is -1.88. The van der Waals surface area contributed by atoms with E-state index in [-0.39, 0.29) is 10.2 Å². The fourth-order valence-corrected chi connectivity index (χ4v) is 3.32. The molecule has 0 rings (SSSR count). The second-order valence-electron chi connectivity index (χ2n) is 5.22. The zero-order chi connectivity index (χ0) is 15.1. The lowest BCUT2D eigenvalue weighted by molar-refractivity contribution is -0.109. The summed E-state index contributed by atoms with van der Waals surface area (Å²) in [4.78, 5) is 21.4. The van der Waals surface area contributed by atoms with Crippen molar-refractivity contribution >= 4 is 33.8 Å². The van der Waals surface area contributed by atoms with Crippen molar-refractivity contribution in [2.45, 2.75) is 78.1 Å². The molecule has 0 aromatic heterocycles. The van der Waals surface area contributed by atoms with Crippen LogP contribution in [0, 0.1) is 0 Å². The number of carbonyl (C=O) groups excluding carboxylic acids is 2. The first-order chi connectivity index (χ1) is 9.63. The smallest absolute Gasteiger partial charge is 0.185 e. The summed E-state index contributed by atoms with van der Waals surface area (Å²) >= 11 is 2.91. The summed E-state index contributed by atoms with van der Waals surface area (Å²) in [5.74, 6) is 1.99. The van der Waals surface area contributed by atoms with Crippen molar-refractivity contribution in [3.05, 3.63) is 0 Å². The van der Waals surface area contributed by atoms with Gasteiger partial charge in [-0.05, 0) is 12.8 Å². The van der Waals surface area contributed by atoms with Crippen LogP contribution in [0.15, 0.2) is 0 Å². The zero-order valence-electron chi connectivity index (χ0n) is 13.1. The molecule has 0 fully saturated rings. The van der Waals surface area contributed by atoms with Gasteiger partial charge in [-0.1, -0.05) is 74.9 Å². The van der Waals surface area contributed by atoms with Crippen LogP contribution in [0.2, 0.25) is 0 Å². The van der Waals surface area contributed by atoms with Crippen LogP contribution < -0.4 is 0 Å². The highest BCUT2D eigenvalue weighted by molar-refractivity contribution is 8.13. The van der Waals surface area contributed by atoms with E-state index < -0.39 is 0 Å². The molecule has 0 spiro atoms. The topological polar surface area (TPSA) is 34.1 Å². The van der Waals surface area contributed by atoms with Crippen LogP contribution in [0.3, 0.4) is 0 Å². The van der Waals surface area contributed by atoms with Crippen molar-refractivity contribution in [1.29, 1.82) is 0 Å². The van der Waals surface area contributed by atoms with Gasteiger partial charge in [-0.3, -0.25) is 9.59 Å². The largest absolute Gasteiger partial charge is 0.288 e. The highest BCUT2D eigenvalue weighted by Gasteiger charge is 1.96. The number of rotatable bonds is 13. The Morgan fingerprint density at radius 1 is 0.550 bits per heavy atom. The Kier molecular flexibility index (Phi) is 15.5. The van der Waals surface area contributed by atoms with Crippen LogP contribution in [-0.2, 0) is 9.59 Å². The van der Waals surface area contributed by atoms with Crippen LogP contribution >= 0.6 is 23.5 Å². The summed E-state index contributed by atoms with van der Waals surface area (Å²) in [5.41, 5.74) is 0. The molecule has 0 unspecified atom stereocenters. The van der Waals surface area contributed by atoms with Crippen LogP contribution in [0.25, 0.3) is 0 Å². The molecule has 0 aliphatic heterocycles. The van der Waals surface area contributed by atoms with E-state index in [1.54, 1.807) is 13.8 Å². The van der Waals surface area contributed by atoms with Crippen molar-refractivity contribution in [2.24, 2.45) is 0 Å². The Hall–Kier alpha value is 0.0400. The third-order valence-electron chi connectivity index (χ3n) is 3.15. The van der Waals surface area contributed by atoms with Gasteiger partial charge in [0.05, 0.1) is 0 Å². The van der Waals surface area contributed by atoms with Gasteiger partial charge in [0.25, 0.3) is 0 Å². The molecule has 0 aromatic carbocycles. The monoisotopic (exact) mass is 318 g/mol. The molecule has 0 N–H and O–H groups in total. The fraction of sp³-hybridized carbons (Fsp3) is 0.875. The standard InChI is InChI=1S/C16H30O2S2/c1-15(17)19-13-11-9-7-5-3-4-6-8-10-12-14-20-16(2)18/h3-14H2,1-2H3. The molecular weight excluding hydrogens is 288 g/mol. The predicted octanol–water partition coefficient (Wildman–Crippen LogP) is 5.45. The van der Waals surface area contributed by atoms with E-state index in [0.717, 1.165) is 11.5 Å². The Labute approximate surface area is 133 Å². The third kappa shape index (κ3) is 18.0. The lowest BCUT2D eigenvalue weighted by Gasteiger charge is -2.02. The predicted molar refractivity (Wildman–Crippen MR) is 92.4 cm³/mol. The summed E-state index contributed by atoms with van der Waals surface area (Å²) in [6.45, 7) is 3.28. The number of hydrogen-bond donors (Lipinski definition) is 0. The summed E-state index contributed by atoms with van der Waals surface area (Å²) in [7, 11) is 0. The normalized spacial score (nSPS) is 10.7. The fourth-order valence-electron chi connectivity index (χ4n) is 2.05. The van der Waals surface area contributed by atoms with Gasteiger partial charge in [0.1, 0.15) is 0 Å². The second-order valence-corrected chi connectivity index (χ2v) is 7.76. The van der Waals surface area contributed by atoms with E-state index in [1.165, 1.54) is 87.7 Å². The first kappa shape index (κ1) is 20.0. The summed E-state index contributed by atoms with van der Waals surface area (Å²) < 4.78 is 0. The second kappa shape index (κ2) is 15.4. The first-order valence-electron chi connectivity index (χ1n) is 7.89. The lowest BCUT2D eigenvalue weighted by atomic mass is 10.1. The molecule has 0 heterocycles. The average Bonchev–Trinajstić information content (AvgIpc) is 2.38. The maximum Gasteiger partial charge on any atom is 0.185 e. The van der Waals surface area contributed by atoms with Gasteiger partial charge in [0.2, 0.25) is 0 Å². The molecule has 118 valence electrons. The average molecular weight is 319 g/mol. The summed E-state index contributed by atoms with van der Waals surface area (Å²) in [5, 5.41) is 0.485. The molecular formula is C16H30O2S2. The number of thioether (sulfide) groups is 2. The van der Waals surface area contributed by atoms with E-state index in [9.17, 15) is 9.59 Å². The Bertz CT molecular complexity index is 229. The molecule has 0 atom stereocenters. The van der Waals surface area contributed by atoms with E-state index in [2.05, 4.69) is 0 Å². The molecule has 0 saturated carbocycles. The highest BCUT2D eigenvalue weighted by atomic mass is 32.2. The van der Waals surface area contributed by atoms with Crippen LogP contribution in [0.5, 0.6) is 0 Å². The van der Waals surface area contributed by atoms with E-state index in [0.29, 0.717) is 0 Å². The highest BCUT2D eigenvalue weighted by Crippen LogP contribution is 2.13. The van der Waals surface area contributed by atoms with Gasteiger partial charge < -0.3 is 0 Å².